The fraction of sp³-hybridized carbons (Fsp3) is 0.562. The number of urea groups is 1. The first-order valence-corrected chi connectivity index (χ1v) is 8.68. The molecule has 0 bridgehead atoms. The molecule has 1 aromatic rings. The van der Waals surface area contributed by atoms with E-state index in [-0.39, 0.29) is 11.6 Å². The second-order valence-corrected chi connectivity index (χ2v) is 6.60. The highest BCUT2D eigenvalue weighted by Gasteiger charge is 2.32. The van der Waals surface area contributed by atoms with Crippen LogP contribution in [-0.2, 0) is 4.74 Å². The first-order chi connectivity index (χ1) is 11.1. The summed E-state index contributed by atoms with van der Waals surface area (Å²) < 4.78 is 16.1. The van der Waals surface area contributed by atoms with Gasteiger partial charge in [-0.25, -0.2) is 4.79 Å². The normalized spacial score (nSPS) is 16.5. The molecule has 0 aromatic heterocycles. The van der Waals surface area contributed by atoms with Crippen molar-refractivity contribution in [3.8, 4) is 11.5 Å². The summed E-state index contributed by atoms with van der Waals surface area (Å²) in [6.45, 7) is 0.494. The Morgan fingerprint density at radius 3 is 2.57 bits per heavy atom. The molecule has 0 unspecified atom stereocenters. The topological polar surface area (TPSA) is 68.8 Å². The van der Waals surface area contributed by atoms with E-state index in [1.807, 2.05) is 11.8 Å². The summed E-state index contributed by atoms with van der Waals surface area (Å²) in [6, 6.07) is 4.97. The summed E-state index contributed by atoms with van der Waals surface area (Å²) in [5.41, 5.74) is 0.337. The van der Waals surface area contributed by atoms with Gasteiger partial charge in [-0.15, -0.1) is 0 Å². The molecule has 7 heteroatoms. The molecule has 1 aliphatic rings. The van der Waals surface area contributed by atoms with Crippen molar-refractivity contribution in [1.29, 1.82) is 0 Å². The van der Waals surface area contributed by atoms with Gasteiger partial charge in [-0.05, 0) is 36.5 Å². The Labute approximate surface area is 141 Å². The highest BCUT2D eigenvalue weighted by atomic mass is 32.2. The van der Waals surface area contributed by atoms with Crippen LogP contribution in [0.1, 0.15) is 12.8 Å². The Bertz CT molecular complexity index is 533. The minimum atomic E-state index is -0.275. The molecule has 128 valence electrons. The minimum absolute atomic E-state index is 0.257. The lowest BCUT2D eigenvalue weighted by atomic mass is 9.96. The molecule has 2 rings (SSSR count). The highest BCUT2D eigenvalue weighted by molar-refractivity contribution is 7.99. The van der Waals surface area contributed by atoms with E-state index in [2.05, 4.69) is 10.6 Å². The lowest BCUT2D eigenvalue weighted by Gasteiger charge is -2.35. The Kier molecular flexibility index (Phi) is 6.41. The second-order valence-electron chi connectivity index (χ2n) is 5.37. The van der Waals surface area contributed by atoms with E-state index in [1.165, 1.54) is 0 Å². The number of anilines is 1. The monoisotopic (exact) mass is 340 g/mol. The molecule has 0 radical (unpaired) electrons. The van der Waals surface area contributed by atoms with Crippen molar-refractivity contribution >= 4 is 23.5 Å². The van der Waals surface area contributed by atoms with Gasteiger partial charge in [0.1, 0.15) is 11.5 Å². The van der Waals surface area contributed by atoms with Crippen molar-refractivity contribution < 1.29 is 19.0 Å². The smallest absolute Gasteiger partial charge is 0.319 e. The van der Waals surface area contributed by atoms with Crippen molar-refractivity contribution in [2.45, 2.75) is 18.4 Å². The minimum Gasteiger partial charge on any atom is -0.497 e. The molecule has 0 aliphatic carbocycles. The van der Waals surface area contributed by atoms with E-state index >= 15 is 0 Å². The Morgan fingerprint density at radius 2 is 1.96 bits per heavy atom. The quantitative estimate of drug-likeness (QED) is 0.833. The zero-order valence-electron chi connectivity index (χ0n) is 13.8. The van der Waals surface area contributed by atoms with E-state index in [9.17, 15) is 4.79 Å². The van der Waals surface area contributed by atoms with Crippen molar-refractivity contribution in [2.24, 2.45) is 0 Å². The second kappa shape index (κ2) is 8.31. The van der Waals surface area contributed by atoms with Gasteiger partial charge < -0.3 is 24.8 Å². The van der Waals surface area contributed by atoms with Crippen LogP contribution in [0.5, 0.6) is 11.5 Å². The largest absolute Gasteiger partial charge is 0.497 e. The first kappa shape index (κ1) is 17.7. The summed E-state index contributed by atoms with van der Waals surface area (Å²) in [6.07, 6.45) is 1.89. The average molecular weight is 340 g/mol. The molecule has 6 nitrogen and oxygen atoms in total. The van der Waals surface area contributed by atoms with E-state index in [4.69, 9.17) is 14.2 Å². The zero-order chi connectivity index (χ0) is 16.7. The maximum absolute atomic E-state index is 12.2. The van der Waals surface area contributed by atoms with E-state index in [1.54, 1.807) is 39.5 Å². The van der Waals surface area contributed by atoms with Gasteiger partial charge in [0.05, 0.1) is 25.5 Å². The number of ether oxygens (including phenoxy) is 3. The van der Waals surface area contributed by atoms with Crippen LogP contribution in [-0.4, -0.2) is 51.0 Å². The Hall–Kier alpha value is -1.60. The van der Waals surface area contributed by atoms with Gasteiger partial charge in [-0.1, -0.05) is 0 Å². The van der Waals surface area contributed by atoms with Gasteiger partial charge in [-0.3, -0.25) is 0 Å². The molecule has 0 saturated carbocycles. The van der Waals surface area contributed by atoms with Gasteiger partial charge in [0.15, 0.2) is 0 Å². The molecule has 23 heavy (non-hydrogen) atoms. The molecule has 1 saturated heterocycles. The van der Waals surface area contributed by atoms with E-state index < -0.39 is 0 Å². The van der Waals surface area contributed by atoms with Crippen molar-refractivity contribution in [1.82, 2.24) is 5.32 Å². The summed E-state index contributed by atoms with van der Waals surface area (Å²) in [5.74, 6) is 3.34. The van der Waals surface area contributed by atoms with E-state index in [0.717, 1.165) is 24.3 Å². The average Bonchev–Trinajstić information content (AvgIpc) is 2.61. The molecule has 1 fully saturated rings. The van der Waals surface area contributed by atoms with Crippen LogP contribution in [0.2, 0.25) is 0 Å². The van der Waals surface area contributed by atoms with Crippen LogP contribution in [0.4, 0.5) is 10.5 Å². The standard InChI is InChI=1S/C16H24N2O4S/c1-20-12-4-5-13(14(10-12)21-2)18-15(19)17-11-16(22-3)6-8-23-9-7-16/h4-5,10H,6-9,11H2,1-3H3,(H2,17,18,19). The fourth-order valence-corrected chi connectivity index (χ4v) is 3.74. The molecule has 2 amide bonds. The summed E-state index contributed by atoms with van der Waals surface area (Å²) in [4.78, 5) is 12.2. The van der Waals surface area contributed by atoms with Gasteiger partial charge in [-0.2, -0.15) is 11.8 Å². The van der Waals surface area contributed by atoms with Gasteiger partial charge >= 0.3 is 6.03 Å². The van der Waals surface area contributed by atoms with Crippen molar-refractivity contribution in [3.05, 3.63) is 18.2 Å². The van der Waals surface area contributed by atoms with Gasteiger partial charge in [0.2, 0.25) is 0 Å². The lowest BCUT2D eigenvalue weighted by molar-refractivity contribution is -0.0134. The highest BCUT2D eigenvalue weighted by Crippen LogP contribution is 2.30. The number of hydrogen-bond donors (Lipinski definition) is 2. The molecule has 1 aromatic carbocycles. The number of rotatable bonds is 6. The van der Waals surface area contributed by atoms with Crippen LogP contribution in [0, 0.1) is 0 Å². The SMILES string of the molecule is COc1ccc(NC(=O)NCC2(OC)CCSCC2)c(OC)c1. The lowest BCUT2D eigenvalue weighted by Crippen LogP contribution is -2.47. The van der Waals surface area contributed by atoms with Crippen LogP contribution in [0.25, 0.3) is 0 Å². The molecule has 1 aliphatic heterocycles. The fourth-order valence-electron chi connectivity index (χ4n) is 2.51. The number of thioether (sulfide) groups is 1. The summed E-state index contributed by atoms with van der Waals surface area (Å²) in [5, 5.41) is 5.70. The zero-order valence-corrected chi connectivity index (χ0v) is 14.6. The first-order valence-electron chi connectivity index (χ1n) is 7.52. The molecular formula is C16H24N2O4S. The van der Waals surface area contributed by atoms with Gasteiger partial charge in [0.25, 0.3) is 0 Å². The number of hydrogen-bond acceptors (Lipinski definition) is 5. The predicted octanol–water partition coefficient (Wildman–Crippen LogP) is 2.74. The maximum Gasteiger partial charge on any atom is 0.319 e. The number of methoxy groups -OCH3 is 3. The third-order valence-electron chi connectivity index (χ3n) is 4.07. The van der Waals surface area contributed by atoms with Crippen LogP contribution in [0.15, 0.2) is 18.2 Å². The molecule has 0 atom stereocenters. The number of carbonyl (C=O) groups is 1. The number of amides is 2. The van der Waals surface area contributed by atoms with Crippen molar-refractivity contribution in [2.75, 3.05) is 44.7 Å². The van der Waals surface area contributed by atoms with Gasteiger partial charge in [0, 0.05) is 19.7 Å². The summed E-state index contributed by atoms with van der Waals surface area (Å²) >= 11 is 1.92. The Balaban J connectivity index is 1.94. The maximum atomic E-state index is 12.2. The number of nitrogens with one attached hydrogen (secondary N) is 2. The molecule has 1 heterocycles. The third kappa shape index (κ3) is 4.68. The predicted molar refractivity (Wildman–Crippen MR) is 92.9 cm³/mol. The Morgan fingerprint density at radius 1 is 1.22 bits per heavy atom. The number of carbonyl (C=O) groups excluding carboxylic acids is 1. The van der Waals surface area contributed by atoms with Crippen LogP contribution >= 0.6 is 11.8 Å². The molecule has 0 spiro atoms. The van der Waals surface area contributed by atoms with Crippen molar-refractivity contribution in [3.63, 3.8) is 0 Å². The van der Waals surface area contributed by atoms with E-state index in [0.29, 0.717) is 23.7 Å². The summed E-state index contributed by atoms with van der Waals surface area (Å²) in [7, 11) is 4.85. The third-order valence-corrected chi connectivity index (χ3v) is 5.05. The van der Waals surface area contributed by atoms with Crippen LogP contribution in [0.3, 0.4) is 0 Å². The number of benzene rings is 1. The molecule has 2 N–H and O–H groups in total. The van der Waals surface area contributed by atoms with Crippen LogP contribution < -0.4 is 20.1 Å². The molecular weight excluding hydrogens is 316 g/mol.